The Balaban J connectivity index is 2.73. The summed E-state index contributed by atoms with van der Waals surface area (Å²) in [5.41, 5.74) is 0.931. The van der Waals surface area contributed by atoms with Gasteiger partial charge >= 0.3 is 0 Å². The van der Waals surface area contributed by atoms with E-state index in [1.165, 1.54) is 6.92 Å². The molecule has 5 heteroatoms. The number of ether oxygens (including phenoxy) is 1. The Morgan fingerprint density at radius 1 is 1.24 bits per heavy atom. The van der Waals surface area contributed by atoms with Gasteiger partial charge in [0, 0.05) is 0 Å². The van der Waals surface area contributed by atoms with E-state index in [-0.39, 0.29) is 11.7 Å². The first-order valence-electron chi connectivity index (χ1n) is 6.97. The number of benzene rings is 1. The summed E-state index contributed by atoms with van der Waals surface area (Å²) in [4.78, 5) is 23.6. The largest absolute Gasteiger partial charge is 0.497 e. The summed E-state index contributed by atoms with van der Waals surface area (Å²) in [6.45, 7) is 4.63. The second-order valence-corrected chi connectivity index (χ2v) is 5.25. The Morgan fingerprint density at radius 2 is 1.81 bits per heavy atom. The van der Waals surface area contributed by atoms with Crippen molar-refractivity contribution in [3.8, 4) is 5.75 Å². The van der Waals surface area contributed by atoms with Crippen molar-refractivity contribution in [2.45, 2.75) is 39.3 Å². The number of aliphatic hydroxyl groups is 1. The van der Waals surface area contributed by atoms with Crippen LogP contribution >= 0.6 is 0 Å². The van der Waals surface area contributed by atoms with Gasteiger partial charge in [-0.3, -0.25) is 9.59 Å². The Hall–Kier alpha value is -1.88. The Labute approximate surface area is 125 Å². The topological polar surface area (TPSA) is 75.6 Å². The fraction of sp³-hybridized carbons (Fsp3) is 0.500. The van der Waals surface area contributed by atoms with Crippen molar-refractivity contribution in [2.24, 2.45) is 5.92 Å². The fourth-order valence-electron chi connectivity index (χ4n) is 1.82. The van der Waals surface area contributed by atoms with Crippen molar-refractivity contribution in [3.63, 3.8) is 0 Å². The van der Waals surface area contributed by atoms with E-state index in [1.54, 1.807) is 21.0 Å². The number of carbonyl (C=O) groups excluding carboxylic acids is 2. The van der Waals surface area contributed by atoms with Gasteiger partial charge in [-0.15, -0.1) is 0 Å². The lowest BCUT2D eigenvalue weighted by Crippen LogP contribution is -2.45. The van der Waals surface area contributed by atoms with Crippen molar-refractivity contribution in [3.05, 3.63) is 29.8 Å². The van der Waals surface area contributed by atoms with E-state index in [0.717, 1.165) is 11.3 Å². The van der Waals surface area contributed by atoms with Gasteiger partial charge in [0.1, 0.15) is 5.75 Å². The lowest BCUT2D eigenvalue weighted by Gasteiger charge is -2.20. The lowest BCUT2D eigenvalue weighted by molar-refractivity contribution is -0.131. The minimum atomic E-state index is -0.751. The summed E-state index contributed by atoms with van der Waals surface area (Å²) in [5.74, 6) is -0.247. The second kappa shape index (κ2) is 7.78. The van der Waals surface area contributed by atoms with E-state index >= 15 is 0 Å². The molecule has 1 aromatic rings. The minimum Gasteiger partial charge on any atom is -0.497 e. The molecule has 0 aromatic heterocycles. The number of ketones is 1. The van der Waals surface area contributed by atoms with Gasteiger partial charge in [-0.1, -0.05) is 19.1 Å². The first kappa shape index (κ1) is 17.2. The normalized spacial score (nSPS) is 14.9. The Bertz CT molecular complexity index is 482. The van der Waals surface area contributed by atoms with Crippen molar-refractivity contribution < 1.29 is 19.4 Å². The molecule has 0 unspecified atom stereocenters. The standard InChI is InChI=1S/C16H23NO4/c1-10(11(2)18)16(20)17-15(12(3)19)9-13-5-7-14(21-4)8-6-13/h5-8,10-11,15,18H,9H2,1-4H3,(H,17,20)/t10-,11-,15-/m0/s1. The molecule has 116 valence electrons. The second-order valence-electron chi connectivity index (χ2n) is 5.25. The summed E-state index contributed by atoms with van der Waals surface area (Å²) in [6, 6.07) is 6.75. The molecule has 1 rings (SSSR count). The monoisotopic (exact) mass is 293 g/mol. The fourth-order valence-corrected chi connectivity index (χ4v) is 1.82. The molecule has 0 radical (unpaired) electrons. The molecule has 0 heterocycles. The molecule has 0 spiro atoms. The van der Waals surface area contributed by atoms with Gasteiger partial charge in [0.15, 0.2) is 5.78 Å². The molecule has 1 aromatic carbocycles. The average Bonchev–Trinajstić information content (AvgIpc) is 2.46. The number of rotatable bonds is 7. The van der Waals surface area contributed by atoms with Gasteiger partial charge in [-0.25, -0.2) is 0 Å². The maximum absolute atomic E-state index is 11.9. The number of hydrogen-bond donors (Lipinski definition) is 2. The quantitative estimate of drug-likeness (QED) is 0.795. The van der Waals surface area contributed by atoms with Crippen LogP contribution in [0, 0.1) is 5.92 Å². The third kappa shape index (κ3) is 5.19. The van der Waals surface area contributed by atoms with Crippen LogP contribution in [0.2, 0.25) is 0 Å². The highest BCUT2D eigenvalue weighted by Crippen LogP contribution is 2.13. The summed E-state index contributed by atoms with van der Waals surface area (Å²) in [7, 11) is 1.59. The number of carbonyl (C=O) groups is 2. The molecule has 2 N–H and O–H groups in total. The Morgan fingerprint density at radius 3 is 2.24 bits per heavy atom. The molecule has 1 amide bonds. The number of methoxy groups -OCH3 is 1. The van der Waals surface area contributed by atoms with Crippen LogP contribution in [0.4, 0.5) is 0 Å². The molecular weight excluding hydrogens is 270 g/mol. The zero-order valence-electron chi connectivity index (χ0n) is 12.9. The third-order valence-electron chi connectivity index (χ3n) is 3.54. The molecule has 21 heavy (non-hydrogen) atoms. The van der Waals surface area contributed by atoms with Gasteiger partial charge in [0.2, 0.25) is 5.91 Å². The molecule has 0 aliphatic heterocycles. The van der Waals surface area contributed by atoms with Gasteiger partial charge < -0.3 is 15.2 Å². The maximum atomic E-state index is 11.9. The molecule has 3 atom stereocenters. The van der Waals surface area contributed by atoms with Crippen LogP contribution in [0.3, 0.4) is 0 Å². The molecular formula is C16H23NO4. The van der Waals surface area contributed by atoms with Gasteiger partial charge in [-0.2, -0.15) is 0 Å². The molecule has 5 nitrogen and oxygen atoms in total. The van der Waals surface area contributed by atoms with Gasteiger partial charge in [0.05, 0.1) is 25.2 Å². The number of Topliss-reactive ketones (excluding diaryl/α,β-unsaturated/α-hetero) is 1. The summed E-state index contributed by atoms with van der Waals surface area (Å²) >= 11 is 0. The van der Waals surface area contributed by atoms with Crippen molar-refractivity contribution in [1.82, 2.24) is 5.32 Å². The molecule has 0 aliphatic carbocycles. The highest BCUT2D eigenvalue weighted by Gasteiger charge is 2.23. The van der Waals surface area contributed by atoms with Gasteiger partial charge in [0.25, 0.3) is 0 Å². The van der Waals surface area contributed by atoms with E-state index in [0.29, 0.717) is 6.42 Å². The van der Waals surface area contributed by atoms with Crippen molar-refractivity contribution >= 4 is 11.7 Å². The van der Waals surface area contributed by atoms with Crippen LogP contribution in [-0.4, -0.2) is 36.1 Å². The number of amides is 1. The van der Waals surface area contributed by atoms with E-state index in [4.69, 9.17) is 4.74 Å². The van der Waals surface area contributed by atoms with Crippen molar-refractivity contribution in [1.29, 1.82) is 0 Å². The summed E-state index contributed by atoms with van der Waals surface area (Å²) in [6.07, 6.45) is -0.337. The van der Waals surface area contributed by atoms with Crippen LogP contribution in [0.25, 0.3) is 0 Å². The van der Waals surface area contributed by atoms with Crippen LogP contribution in [0.15, 0.2) is 24.3 Å². The predicted octanol–water partition coefficient (Wildman–Crippen LogP) is 1.33. The molecule has 0 fully saturated rings. The first-order valence-corrected chi connectivity index (χ1v) is 6.97. The van der Waals surface area contributed by atoms with E-state index < -0.39 is 18.1 Å². The SMILES string of the molecule is COc1ccc(C[C@H](NC(=O)[C@@H](C)[C@H](C)O)C(C)=O)cc1. The number of nitrogens with one attached hydrogen (secondary N) is 1. The number of hydrogen-bond acceptors (Lipinski definition) is 4. The van der Waals surface area contributed by atoms with Crippen LogP contribution in [0.5, 0.6) is 5.75 Å². The summed E-state index contributed by atoms with van der Waals surface area (Å²) in [5, 5.41) is 12.1. The highest BCUT2D eigenvalue weighted by atomic mass is 16.5. The predicted molar refractivity (Wildman–Crippen MR) is 80.2 cm³/mol. The molecule has 0 saturated heterocycles. The molecule has 0 saturated carbocycles. The first-order chi connectivity index (χ1) is 9.85. The zero-order valence-corrected chi connectivity index (χ0v) is 12.9. The molecule has 0 aliphatic rings. The number of aliphatic hydroxyl groups excluding tert-OH is 1. The zero-order chi connectivity index (χ0) is 16.0. The van der Waals surface area contributed by atoms with E-state index in [1.807, 2.05) is 24.3 Å². The summed E-state index contributed by atoms with van der Waals surface area (Å²) < 4.78 is 5.08. The maximum Gasteiger partial charge on any atom is 0.226 e. The van der Waals surface area contributed by atoms with Crippen molar-refractivity contribution in [2.75, 3.05) is 7.11 Å². The molecule has 0 bridgehead atoms. The van der Waals surface area contributed by atoms with E-state index in [9.17, 15) is 14.7 Å². The Kier molecular flexibility index (Phi) is 6.37. The minimum absolute atomic E-state index is 0.114. The smallest absolute Gasteiger partial charge is 0.226 e. The van der Waals surface area contributed by atoms with E-state index in [2.05, 4.69) is 5.32 Å². The third-order valence-corrected chi connectivity index (χ3v) is 3.54. The van der Waals surface area contributed by atoms with Crippen LogP contribution in [0.1, 0.15) is 26.3 Å². The van der Waals surface area contributed by atoms with Crippen LogP contribution < -0.4 is 10.1 Å². The highest BCUT2D eigenvalue weighted by molar-refractivity contribution is 5.88. The van der Waals surface area contributed by atoms with Crippen LogP contribution in [-0.2, 0) is 16.0 Å². The average molecular weight is 293 g/mol. The lowest BCUT2D eigenvalue weighted by atomic mass is 10.0. The van der Waals surface area contributed by atoms with Gasteiger partial charge in [-0.05, 0) is 38.0 Å².